The Hall–Kier alpha value is -3.41. The first-order chi connectivity index (χ1) is 39.5. The Morgan fingerprint density at radius 1 is 0.263 bits per heavy atom. The fraction of sp³-hybridized carbons (Fsp3) is 0.770. The maximum atomic E-state index is 12.9. The zero-order chi connectivity index (χ0) is 57.8. The highest BCUT2D eigenvalue weighted by molar-refractivity contribution is 5.71. The van der Waals surface area contributed by atoms with Crippen LogP contribution in [0.4, 0.5) is 0 Å². The van der Waals surface area contributed by atoms with Crippen molar-refractivity contribution >= 4 is 17.9 Å². The van der Waals surface area contributed by atoms with Crippen molar-refractivity contribution in [3.63, 3.8) is 0 Å². The highest BCUT2D eigenvalue weighted by Crippen LogP contribution is 2.17. The van der Waals surface area contributed by atoms with Gasteiger partial charge in [-0.1, -0.05) is 298 Å². The Balaban J connectivity index is 4.28. The fourth-order valence-electron chi connectivity index (χ4n) is 9.93. The molecule has 0 amide bonds. The van der Waals surface area contributed by atoms with Crippen molar-refractivity contribution in [2.24, 2.45) is 0 Å². The van der Waals surface area contributed by atoms with E-state index in [9.17, 15) is 14.4 Å². The molecule has 0 spiro atoms. The number of esters is 3. The summed E-state index contributed by atoms with van der Waals surface area (Å²) in [5.41, 5.74) is 0. The van der Waals surface area contributed by atoms with Crippen molar-refractivity contribution in [2.75, 3.05) is 13.2 Å². The van der Waals surface area contributed by atoms with E-state index in [4.69, 9.17) is 14.2 Å². The van der Waals surface area contributed by atoms with Crippen LogP contribution >= 0.6 is 0 Å². The van der Waals surface area contributed by atoms with Gasteiger partial charge in [0.15, 0.2) is 6.10 Å². The average Bonchev–Trinajstić information content (AvgIpc) is 3.46. The van der Waals surface area contributed by atoms with Gasteiger partial charge in [-0.05, 0) is 116 Å². The predicted molar refractivity (Wildman–Crippen MR) is 348 cm³/mol. The van der Waals surface area contributed by atoms with Gasteiger partial charge >= 0.3 is 17.9 Å². The van der Waals surface area contributed by atoms with E-state index in [-0.39, 0.29) is 31.1 Å². The van der Waals surface area contributed by atoms with Crippen LogP contribution in [0.25, 0.3) is 0 Å². The highest BCUT2D eigenvalue weighted by atomic mass is 16.6. The van der Waals surface area contributed by atoms with Crippen LogP contribution in [0, 0.1) is 0 Å². The molecule has 0 aromatic carbocycles. The number of hydrogen-bond donors (Lipinski definition) is 0. The summed E-state index contributed by atoms with van der Waals surface area (Å²) in [4.78, 5) is 38.4. The minimum Gasteiger partial charge on any atom is -0.462 e. The highest BCUT2D eigenvalue weighted by Gasteiger charge is 2.19. The summed E-state index contributed by atoms with van der Waals surface area (Å²) in [6, 6.07) is 0. The van der Waals surface area contributed by atoms with E-state index in [0.29, 0.717) is 19.3 Å². The van der Waals surface area contributed by atoms with E-state index in [1.54, 1.807) is 0 Å². The number of rotatable bonds is 63. The number of allylic oxidation sites excluding steroid dienone is 14. The summed E-state index contributed by atoms with van der Waals surface area (Å²) in [6.45, 7) is 6.52. The molecule has 80 heavy (non-hydrogen) atoms. The first-order valence-corrected chi connectivity index (χ1v) is 34.6. The van der Waals surface area contributed by atoms with E-state index in [1.165, 1.54) is 218 Å². The first kappa shape index (κ1) is 76.6. The molecule has 0 aliphatic carbocycles. The van der Waals surface area contributed by atoms with E-state index in [1.807, 2.05) is 0 Å². The largest absolute Gasteiger partial charge is 0.462 e. The molecular weight excluding hydrogens is 985 g/mol. The number of carbonyl (C=O) groups excluding carboxylic acids is 3. The van der Waals surface area contributed by atoms with Crippen LogP contribution in [-0.4, -0.2) is 37.2 Å². The van der Waals surface area contributed by atoms with Crippen molar-refractivity contribution in [2.45, 2.75) is 354 Å². The normalized spacial score (nSPS) is 12.6. The molecule has 0 bridgehead atoms. The van der Waals surface area contributed by atoms with Crippen molar-refractivity contribution in [1.82, 2.24) is 0 Å². The van der Waals surface area contributed by atoms with Crippen LogP contribution in [0.15, 0.2) is 85.1 Å². The Bertz CT molecular complexity index is 1520. The molecule has 0 aliphatic rings. The Labute approximate surface area is 496 Å². The Morgan fingerprint density at radius 3 is 0.800 bits per heavy atom. The monoisotopic (exact) mass is 1110 g/mol. The zero-order valence-electron chi connectivity index (χ0n) is 53.1. The van der Waals surface area contributed by atoms with E-state index >= 15 is 0 Å². The van der Waals surface area contributed by atoms with Crippen LogP contribution < -0.4 is 0 Å². The van der Waals surface area contributed by atoms with Gasteiger partial charge in [-0.3, -0.25) is 14.4 Å². The molecule has 0 N–H and O–H groups in total. The van der Waals surface area contributed by atoms with Crippen molar-refractivity contribution in [1.29, 1.82) is 0 Å². The second-order valence-electron chi connectivity index (χ2n) is 23.1. The Morgan fingerprint density at radius 2 is 0.487 bits per heavy atom. The first-order valence-electron chi connectivity index (χ1n) is 34.6. The molecule has 0 rings (SSSR count). The van der Waals surface area contributed by atoms with Gasteiger partial charge in [0, 0.05) is 19.3 Å². The van der Waals surface area contributed by atoms with Crippen LogP contribution in [0.5, 0.6) is 0 Å². The van der Waals surface area contributed by atoms with E-state index < -0.39 is 6.10 Å². The lowest BCUT2D eigenvalue weighted by molar-refractivity contribution is -0.167. The van der Waals surface area contributed by atoms with Gasteiger partial charge in [-0.15, -0.1) is 0 Å². The lowest BCUT2D eigenvalue weighted by Crippen LogP contribution is -2.30. The molecule has 462 valence electrons. The number of carbonyl (C=O) groups is 3. The molecule has 0 fully saturated rings. The zero-order valence-corrected chi connectivity index (χ0v) is 53.1. The van der Waals surface area contributed by atoms with Gasteiger partial charge in [0.25, 0.3) is 0 Å². The predicted octanol–water partition coefficient (Wildman–Crippen LogP) is 23.8. The van der Waals surface area contributed by atoms with Gasteiger partial charge < -0.3 is 14.2 Å². The Kier molecular flexibility index (Phi) is 65.2. The summed E-state index contributed by atoms with van der Waals surface area (Å²) >= 11 is 0. The standard InChI is InChI=1S/C74H130O6/c1-4-7-10-13-16-19-22-25-28-30-32-33-34-35-36-37-38-39-40-41-42-44-46-49-52-55-58-61-64-67-73(76)79-70-71(69-78-72(75)66-63-60-57-54-51-48-45-27-24-21-18-15-12-9-6-3)80-74(77)68-65-62-59-56-53-50-47-43-31-29-26-23-20-17-14-11-8-5-2/h9,12,18,21-22,25,27,29-32,45,51,54,71H,4-8,10-11,13-17,19-20,23-24,26,28,33-44,46-50,52-53,55-70H2,1-3H3/b12-9-,21-18-,25-22-,31-29-,32-30-,45-27-,54-51-. The van der Waals surface area contributed by atoms with Gasteiger partial charge in [-0.2, -0.15) is 0 Å². The molecule has 1 atom stereocenters. The molecular formula is C74H130O6. The lowest BCUT2D eigenvalue weighted by atomic mass is 10.0. The van der Waals surface area contributed by atoms with E-state index in [0.717, 1.165) is 89.9 Å². The lowest BCUT2D eigenvalue weighted by Gasteiger charge is -2.18. The van der Waals surface area contributed by atoms with Crippen LogP contribution in [0.3, 0.4) is 0 Å². The maximum Gasteiger partial charge on any atom is 0.306 e. The summed E-state index contributed by atoms with van der Waals surface area (Å²) in [5, 5.41) is 0. The number of unbranched alkanes of at least 4 members (excludes halogenated alkanes) is 38. The summed E-state index contributed by atoms with van der Waals surface area (Å²) in [5.74, 6) is -0.921. The molecule has 6 nitrogen and oxygen atoms in total. The molecule has 0 saturated carbocycles. The minimum atomic E-state index is -0.797. The average molecular weight is 1120 g/mol. The summed E-state index contributed by atoms with van der Waals surface area (Å²) < 4.78 is 16.9. The molecule has 6 heteroatoms. The second kappa shape index (κ2) is 68.1. The third-order valence-electron chi connectivity index (χ3n) is 15.1. The molecule has 0 aromatic rings. The maximum absolute atomic E-state index is 12.9. The molecule has 0 heterocycles. The SMILES string of the molecule is CC/C=C\C/C=C\C/C=C\C/C=C\CCCCC(=O)OCC(COC(=O)CCCCCCCCCCCCCCCCCCC/C=C\C/C=C\CCCCCCC)OC(=O)CCCCCCCCC/C=C\CCCCCCCCC. The third-order valence-corrected chi connectivity index (χ3v) is 15.1. The fourth-order valence-corrected chi connectivity index (χ4v) is 9.93. The smallest absolute Gasteiger partial charge is 0.306 e. The molecule has 0 aliphatic heterocycles. The van der Waals surface area contributed by atoms with Gasteiger partial charge in [0.1, 0.15) is 13.2 Å². The summed E-state index contributed by atoms with van der Waals surface area (Å²) in [6.07, 6.45) is 90.4. The minimum absolute atomic E-state index is 0.0890. The van der Waals surface area contributed by atoms with Gasteiger partial charge in [0.05, 0.1) is 0 Å². The summed E-state index contributed by atoms with van der Waals surface area (Å²) in [7, 11) is 0. The number of ether oxygens (including phenoxy) is 3. The second-order valence-corrected chi connectivity index (χ2v) is 23.1. The quantitative estimate of drug-likeness (QED) is 0.0261. The van der Waals surface area contributed by atoms with Crippen molar-refractivity contribution in [3.8, 4) is 0 Å². The van der Waals surface area contributed by atoms with Gasteiger partial charge in [0.2, 0.25) is 0 Å². The van der Waals surface area contributed by atoms with Crippen LogP contribution in [-0.2, 0) is 28.6 Å². The van der Waals surface area contributed by atoms with Gasteiger partial charge in [-0.25, -0.2) is 0 Å². The van der Waals surface area contributed by atoms with E-state index in [2.05, 4.69) is 106 Å². The topological polar surface area (TPSA) is 78.9 Å². The molecule has 1 unspecified atom stereocenters. The molecule has 0 aromatic heterocycles. The van der Waals surface area contributed by atoms with Crippen LogP contribution in [0.2, 0.25) is 0 Å². The van der Waals surface area contributed by atoms with Crippen molar-refractivity contribution in [3.05, 3.63) is 85.1 Å². The number of hydrogen-bond acceptors (Lipinski definition) is 6. The van der Waals surface area contributed by atoms with Crippen molar-refractivity contribution < 1.29 is 28.6 Å². The molecule has 0 saturated heterocycles. The molecule has 0 radical (unpaired) electrons. The third kappa shape index (κ3) is 65.4. The van der Waals surface area contributed by atoms with Crippen LogP contribution in [0.1, 0.15) is 348 Å².